The molecule has 14 heteroatoms. The van der Waals surface area contributed by atoms with Gasteiger partial charge in [-0.3, -0.25) is 0 Å². The summed E-state index contributed by atoms with van der Waals surface area (Å²) in [5.74, 6) is -2.19. The van der Waals surface area contributed by atoms with Crippen molar-refractivity contribution in [3.8, 4) is 11.3 Å². The molecule has 2 aromatic carbocycles. The number of nitrogens with one attached hydrogen (secondary N) is 1. The highest BCUT2D eigenvalue weighted by Crippen LogP contribution is 2.32. The van der Waals surface area contributed by atoms with Gasteiger partial charge in [-0.05, 0) is 58.4 Å². The molecule has 3 aromatic rings. The Morgan fingerprint density at radius 2 is 1.70 bits per heavy atom. The van der Waals surface area contributed by atoms with Crippen molar-refractivity contribution in [2.45, 2.75) is 50.0 Å². The van der Waals surface area contributed by atoms with Crippen LogP contribution in [-0.2, 0) is 34.2 Å². The van der Waals surface area contributed by atoms with Crippen LogP contribution in [0.3, 0.4) is 0 Å². The van der Waals surface area contributed by atoms with Crippen molar-refractivity contribution in [2.24, 2.45) is 0 Å². The van der Waals surface area contributed by atoms with E-state index in [9.17, 15) is 30.4 Å². The molecule has 0 aliphatic heterocycles. The Hall–Kier alpha value is -2.13. The van der Waals surface area contributed by atoms with Crippen LogP contribution in [-0.4, -0.2) is 32.9 Å². The summed E-state index contributed by atoms with van der Waals surface area (Å²) in [4.78, 5) is -0.363. The predicted octanol–water partition coefficient (Wildman–Crippen LogP) is 6.40. The first-order valence-corrected chi connectivity index (χ1v) is 17.0. The third-order valence-corrected chi connectivity index (χ3v) is 9.04. The number of alkyl halides is 3. The van der Waals surface area contributed by atoms with Crippen molar-refractivity contribution < 1.29 is 35.1 Å². The number of hydrogen-bond acceptors (Lipinski definition) is 4. The summed E-state index contributed by atoms with van der Waals surface area (Å²) >= 11 is 3.18. The molecule has 0 atom stereocenters. The van der Waals surface area contributed by atoms with Crippen molar-refractivity contribution in [3.05, 3.63) is 69.8 Å². The lowest BCUT2D eigenvalue weighted by atomic mass is 10.1. The maximum absolute atomic E-state index is 14.0. The molecule has 0 unspecified atom stereocenters. The molecule has 0 bridgehead atoms. The van der Waals surface area contributed by atoms with Gasteiger partial charge in [-0.1, -0.05) is 19.6 Å². The third-order valence-electron chi connectivity index (χ3n) is 5.27. The van der Waals surface area contributed by atoms with Crippen LogP contribution in [0.5, 0.6) is 0 Å². The molecule has 6 nitrogen and oxygen atoms in total. The number of aromatic nitrogens is 2. The first kappa shape index (κ1) is 29.4. The monoisotopic (exact) mass is 625 g/mol. The molecule has 1 aromatic heterocycles. The van der Waals surface area contributed by atoms with E-state index in [0.29, 0.717) is 24.3 Å². The average molecular weight is 627 g/mol. The molecule has 0 radical (unpaired) electrons. The fourth-order valence-corrected chi connectivity index (χ4v) is 5.47. The van der Waals surface area contributed by atoms with Gasteiger partial charge in [0.25, 0.3) is 0 Å². The maximum atomic E-state index is 14.0. The fraction of sp³-hybridized carbons (Fsp3) is 0.348. The molecule has 1 N–H and O–H groups in total. The van der Waals surface area contributed by atoms with E-state index >= 15 is 0 Å². The van der Waals surface area contributed by atoms with Crippen LogP contribution in [0, 0.1) is 11.6 Å². The van der Waals surface area contributed by atoms with Gasteiger partial charge < -0.3 is 4.74 Å². The minimum Gasteiger partial charge on any atom is -0.360 e. The quantitative estimate of drug-likeness (QED) is 0.122. The van der Waals surface area contributed by atoms with E-state index in [2.05, 4.69) is 45.4 Å². The minimum atomic E-state index is -4.60. The van der Waals surface area contributed by atoms with E-state index in [1.165, 1.54) is 10.9 Å². The Morgan fingerprint density at radius 1 is 1.08 bits per heavy atom. The Balaban J connectivity index is 1.86. The molecule has 0 saturated carbocycles. The second-order valence-corrected chi connectivity index (χ2v) is 17.7. The molecule has 0 fully saturated rings. The predicted molar refractivity (Wildman–Crippen MR) is 135 cm³/mol. The first-order chi connectivity index (χ1) is 17.1. The highest BCUT2D eigenvalue weighted by Gasteiger charge is 2.30. The van der Waals surface area contributed by atoms with Gasteiger partial charge in [0.1, 0.15) is 6.73 Å². The van der Waals surface area contributed by atoms with Gasteiger partial charge in [-0.2, -0.15) is 18.3 Å². The SMILES string of the molecule is C[Si](C)(C)CCOCn1cc(CNS(=O)(=O)c2ccc(C(F)(F)F)cc2)c(-c2cc(F)c(F)cc2Br)n1. The summed E-state index contributed by atoms with van der Waals surface area (Å²) in [7, 11) is -5.53. The number of rotatable bonds is 10. The molecule has 0 aliphatic rings. The smallest absolute Gasteiger partial charge is 0.360 e. The highest BCUT2D eigenvalue weighted by molar-refractivity contribution is 9.10. The lowest BCUT2D eigenvalue weighted by molar-refractivity contribution is -0.137. The molecule has 0 saturated heterocycles. The zero-order valence-corrected chi connectivity index (χ0v) is 23.6. The van der Waals surface area contributed by atoms with Crippen molar-refractivity contribution >= 4 is 34.0 Å². The van der Waals surface area contributed by atoms with Crippen LogP contribution in [0.4, 0.5) is 22.0 Å². The third kappa shape index (κ3) is 7.93. The fourth-order valence-electron chi connectivity index (χ4n) is 3.20. The molecule has 0 aliphatic carbocycles. The lowest BCUT2D eigenvalue weighted by Gasteiger charge is -2.15. The molecule has 37 heavy (non-hydrogen) atoms. The first-order valence-electron chi connectivity index (χ1n) is 11.0. The Labute approximate surface area is 221 Å². The molecule has 202 valence electrons. The maximum Gasteiger partial charge on any atom is 0.416 e. The Bertz CT molecular complexity index is 1360. The van der Waals surface area contributed by atoms with Crippen molar-refractivity contribution in [3.63, 3.8) is 0 Å². The largest absolute Gasteiger partial charge is 0.416 e. The topological polar surface area (TPSA) is 73.2 Å². The van der Waals surface area contributed by atoms with Crippen LogP contribution >= 0.6 is 15.9 Å². The zero-order chi connectivity index (χ0) is 27.6. The summed E-state index contributed by atoms with van der Waals surface area (Å²) in [6.45, 7) is 6.82. The molecule has 0 amide bonds. The van der Waals surface area contributed by atoms with Gasteiger partial charge in [0, 0.05) is 43.0 Å². The van der Waals surface area contributed by atoms with Crippen molar-refractivity contribution in [1.82, 2.24) is 14.5 Å². The summed E-state index contributed by atoms with van der Waals surface area (Å²) in [5.41, 5.74) is -0.304. The summed E-state index contributed by atoms with van der Waals surface area (Å²) in [5, 5.41) is 4.38. The van der Waals surface area contributed by atoms with Crippen LogP contribution in [0.2, 0.25) is 25.7 Å². The van der Waals surface area contributed by atoms with E-state index in [4.69, 9.17) is 4.74 Å². The van der Waals surface area contributed by atoms with E-state index in [-0.39, 0.29) is 33.9 Å². The van der Waals surface area contributed by atoms with Crippen LogP contribution < -0.4 is 4.72 Å². The molecular formula is C23H25BrF5N3O3SSi. The van der Waals surface area contributed by atoms with Crippen molar-refractivity contribution in [1.29, 1.82) is 0 Å². The van der Waals surface area contributed by atoms with E-state index in [0.717, 1.165) is 30.3 Å². The Morgan fingerprint density at radius 3 is 2.30 bits per heavy atom. The van der Waals surface area contributed by atoms with Crippen molar-refractivity contribution in [2.75, 3.05) is 6.61 Å². The molecule has 1 heterocycles. The number of ether oxygens (including phenoxy) is 1. The standard InChI is InChI=1S/C23H25BrF5N3O3SSi/c1-37(2,3)9-8-35-14-32-13-15(22(31-32)18-10-20(25)21(26)11-19(18)24)12-30-36(33,34)17-6-4-16(5-7-17)23(27,28)29/h4-7,10-11,13,30H,8-9,12,14H2,1-3H3. The van der Waals surface area contributed by atoms with Crippen LogP contribution in [0.1, 0.15) is 11.1 Å². The number of sulfonamides is 1. The Kier molecular flexibility index (Phi) is 9.00. The molecule has 0 spiro atoms. The second-order valence-electron chi connectivity index (χ2n) is 9.48. The second kappa shape index (κ2) is 11.3. The number of nitrogens with zero attached hydrogens (tertiary/aromatic N) is 2. The molecule has 3 rings (SSSR count). The van der Waals surface area contributed by atoms with E-state index in [1.54, 1.807) is 0 Å². The number of hydrogen-bond donors (Lipinski definition) is 1. The zero-order valence-electron chi connectivity index (χ0n) is 20.2. The summed E-state index contributed by atoms with van der Waals surface area (Å²) in [6.07, 6.45) is -3.10. The lowest BCUT2D eigenvalue weighted by Crippen LogP contribution is -2.23. The van der Waals surface area contributed by atoms with Gasteiger partial charge in [0.15, 0.2) is 11.6 Å². The van der Waals surface area contributed by atoms with Crippen LogP contribution in [0.15, 0.2) is 52.0 Å². The average Bonchev–Trinajstić information content (AvgIpc) is 3.19. The van der Waals surface area contributed by atoms with E-state index < -0.39 is 41.5 Å². The van der Waals surface area contributed by atoms with Gasteiger partial charge in [-0.25, -0.2) is 26.6 Å². The minimum absolute atomic E-state index is 0.0461. The summed E-state index contributed by atoms with van der Waals surface area (Å²) < 4.78 is 101. The van der Waals surface area contributed by atoms with Crippen LogP contribution in [0.25, 0.3) is 11.3 Å². The van der Waals surface area contributed by atoms with Gasteiger partial charge >= 0.3 is 6.18 Å². The van der Waals surface area contributed by atoms with Gasteiger partial charge in [0.05, 0.1) is 16.2 Å². The molecular weight excluding hydrogens is 601 g/mol. The number of benzene rings is 2. The van der Waals surface area contributed by atoms with Gasteiger partial charge in [0.2, 0.25) is 10.0 Å². The normalized spacial score (nSPS) is 12.8. The van der Waals surface area contributed by atoms with E-state index in [1.807, 2.05) is 0 Å². The highest BCUT2D eigenvalue weighted by atomic mass is 79.9. The summed E-state index contributed by atoms with van der Waals surface area (Å²) in [6, 6.07) is 5.84. The van der Waals surface area contributed by atoms with Gasteiger partial charge in [-0.15, -0.1) is 0 Å². The number of halogens is 6.